The van der Waals surface area contributed by atoms with Crippen LogP contribution in [0.1, 0.15) is 13.3 Å². The van der Waals surface area contributed by atoms with Gasteiger partial charge in [-0.15, -0.1) is 0 Å². The fourth-order valence-corrected chi connectivity index (χ4v) is 4.25. The van der Waals surface area contributed by atoms with E-state index >= 15 is 0 Å². The highest BCUT2D eigenvalue weighted by atomic mass is 35.5. The van der Waals surface area contributed by atoms with Crippen LogP contribution in [0, 0.1) is 0 Å². The summed E-state index contributed by atoms with van der Waals surface area (Å²) in [6.07, 6.45) is 0.802. The minimum Gasteiger partial charge on any atom is -0.492 e. The van der Waals surface area contributed by atoms with Gasteiger partial charge in [0.05, 0.1) is 36.3 Å². The predicted octanol–water partition coefficient (Wildman–Crippen LogP) is 1.20. The number of amides is 1. The van der Waals surface area contributed by atoms with Gasteiger partial charge in [-0.2, -0.15) is 4.31 Å². The fraction of sp³-hybridized carbons (Fsp3) is 0.611. The lowest BCUT2D eigenvalue weighted by Crippen LogP contribution is -2.40. The Morgan fingerprint density at radius 3 is 2.71 bits per heavy atom. The van der Waals surface area contributed by atoms with E-state index in [0.29, 0.717) is 18.9 Å². The van der Waals surface area contributed by atoms with Crippen molar-refractivity contribution in [3.8, 4) is 5.75 Å². The van der Waals surface area contributed by atoms with Crippen LogP contribution in [0.3, 0.4) is 0 Å². The molecule has 10 heteroatoms. The molecule has 0 unspecified atom stereocenters. The molecule has 1 saturated heterocycles. The second-order valence-electron chi connectivity index (χ2n) is 6.44. The first-order valence-electron chi connectivity index (χ1n) is 9.30. The molecule has 1 fully saturated rings. The van der Waals surface area contributed by atoms with Crippen molar-refractivity contribution < 1.29 is 22.7 Å². The normalized spacial score (nSPS) is 15.6. The Hall–Kier alpha value is -1.39. The molecule has 1 aromatic rings. The number of rotatable bonds is 10. The van der Waals surface area contributed by atoms with E-state index in [4.69, 9.17) is 21.1 Å². The zero-order valence-electron chi connectivity index (χ0n) is 16.3. The van der Waals surface area contributed by atoms with Crippen molar-refractivity contribution in [2.75, 3.05) is 59.6 Å². The fourth-order valence-electron chi connectivity index (χ4n) is 2.79. The number of sulfonamides is 1. The smallest absolute Gasteiger partial charge is 0.243 e. The zero-order chi connectivity index (χ0) is 20.6. The minimum absolute atomic E-state index is 0.0172. The first-order chi connectivity index (χ1) is 13.3. The summed E-state index contributed by atoms with van der Waals surface area (Å²) in [4.78, 5) is 14.4. The summed E-state index contributed by atoms with van der Waals surface area (Å²) in [5, 5.41) is 2.98. The number of ether oxygens (including phenoxy) is 2. The Labute approximate surface area is 171 Å². The lowest BCUT2D eigenvalue weighted by Gasteiger charge is -2.26. The molecule has 2 rings (SSSR count). The molecule has 28 heavy (non-hydrogen) atoms. The Morgan fingerprint density at radius 1 is 1.36 bits per heavy atom. The number of hydrogen-bond donors (Lipinski definition) is 1. The maximum Gasteiger partial charge on any atom is 0.243 e. The van der Waals surface area contributed by atoms with Crippen LogP contribution in [-0.4, -0.2) is 83.1 Å². The van der Waals surface area contributed by atoms with Crippen LogP contribution in [0.4, 0.5) is 0 Å². The summed E-state index contributed by atoms with van der Waals surface area (Å²) in [6.45, 7) is 6.65. The summed E-state index contributed by atoms with van der Waals surface area (Å²) >= 11 is 6.07. The Balaban J connectivity index is 1.82. The number of likely N-dealkylation sites (N-methyl/N-ethyl adjacent to an activating group) is 1. The largest absolute Gasteiger partial charge is 0.492 e. The van der Waals surface area contributed by atoms with Crippen LogP contribution in [-0.2, 0) is 19.6 Å². The standard InChI is InChI=1S/C18H28ClN3O5S/c1-3-27-17-6-5-15(13-16(17)19)28(24,25)21(2)14-18(23)20-7-4-8-22-9-11-26-12-10-22/h5-6,13H,3-4,7-12,14H2,1-2H3,(H,20,23). The molecular formula is C18H28ClN3O5S. The molecule has 0 saturated carbocycles. The number of benzene rings is 1. The van der Waals surface area contributed by atoms with Gasteiger partial charge in [0.25, 0.3) is 0 Å². The van der Waals surface area contributed by atoms with Crippen LogP contribution >= 0.6 is 11.6 Å². The molecule has 0 atom stereocenters. The van der Waals surface area contributed by atoms with Crippen molar-refractivity contribution in [2.45, 2.75) is 18.2 Å². The van der Waals surface area contributed by atoms with Gasteiger partial charge in [-0.1, -0.05) is 11.6 Å². The highest BCUT2D eigenvalue weighted by Gasteiger charge is 2.24. The number of morpholine rings is 1. The highest BCUT2D eigenvalue weighted by Crippen LogP contribution is 2.28. The maximum absolute atomic E-state index is 12.7. The lowest BCUT2D eigenvalue weighted by molar-refractivity contribution is -0.121. The molecule has 1 aromatic carbocycles. The van der Waals surface area contributed by atoms with Crippen LogP contribution in [0.25, 0.3) is 0 Å². The second-order valence-corrected chi connectivity index (χ2v) is 8.90. The van der Waals surface area contributed by atoms with Crippen molar-refractivity contribution in [1.82, 2.24) is 14.5 Å². The molecule has 0 spiro atoms. The molecule has 1 aliphatic heterocycles. The third kappa shape index (κ3) is 6.59. The molecule has 1 N–H and O–H groups in total. The SMILES string of the molecule is CCOc1ccc(S(=O)(=O)N(C)CC(=O)NCCCN2CCOCC2)cc1Cl. The van der Waals surface area contributed by atoms with Gasteiger partial charge in [0.2, 0.25) is 15.9 Å². The van der Waals surface area contributed by atoms with E-state index in [9.17, 15) is 13.2 Å². The monoisotopic (exact) mass is 433 g/mol. The molecular weight excluding hydrogens is 406 g/mol. The molecule has 1 amide bonds. The van der Waals surface area contributed by atoms with Gasteiger partial charge in [0, 0.05) is 26.7 Å². The average Bonchev–Trinajstić information content (AvgIpc) is 2.67. The van der Waals surface area contributed by atoms with Crippen LogP contribution < -0.4 is 10.1 Å². The molecule has 0 bridgehead atoms. The molecule has 0 aromatic heterocycles. The molecule has 1 heterocycles. The zero-order valence-corrected chi connectivity index (χ0v) is 17.9. The second kappa shape index (κ2) is 11.0. The molecule has 158 valence electrons. The van der Waals surface area contributed by atoms with E-state index in [1.807, 2.05) is 6.92 Å². The predicted molar refractivity (Wildman–Crippen MR) is 107 cm³/mol. The number of nitrogens with zero attached hydrogens (tertiary/aromatic N) is 2. The van der Waals surface area contributed by atoms with E-state index in [1.165, 1.54) is 25.2 Å². The van der Waals surface area contributed by atoms with Crippen molar-refractivity contribution in [3.63, 3.8) is 0 Å². The van der Waals surface area contributed by atoms with E-state index < -0.39 is 10.0 Å². The number of nitrogens with one attached hydrogen (secondary N) is 1. The maximum atomic E-state index is 12.7. The van der Waals surface area contributed by atoms with Crippen LogP contribution in [0.5, 0.6) is 5.75 Å². The number of carbonyl (C=O) groups excluding carboxylic acids is 1. The van der Waals surface area contributed by atoms with Crippen LogP contribution in [0.2, 0.25) is 5.02 Å². The van der Waals surface area contributed by atoms with Crippen molar-refractivity contribution in [1.29, 1.82) is 0 Å². The number of hydrogen-bond acceptors (Lipinski definition) is 6. The summed E-state index contributed by atoms with van der Waals surface area (Å²) in [5.41, 5.74) is 0. The number of halogens is 1. The van der Waals surface area contributed by atoms with E-state index in [1.54, 1.807) is 0 Å². The quantitative estimate of drug-likeness (QED) is 0.558. The van der Waals surface area contributed by atoms with Gasteiger partial charge in [0.15, 0.2) is 0 Å². The van der Waals surface area contributed by atoms with Crippen molar-refractivity contribution in [2.24, 2.45) is 0 Å². The molecule has 0 aliphatic carbocycles. The van der Waals surface area contributed by atoms with Gasteiger partial charge in [-0.3, -0.25) is 9.69 Å². The van der Waals surface area contributed by atoms with Gasteiger partial charge in [0.1, 0.15) is 5.75 Å². The Kier molecular flexibility index (Phi) is 8.97. The summed E-state index contributed by atoms with van der Waals surface area (Å²) in [7, 11) is -2.46. The first kappa shape index (κ1) is 22.9. The Bertz CT molecular complexity index is 754. The topological polar surface area (TPSA) is 88.2 Å². The van der Waals surface area contributed by atoms with E-state index in [0.717, 1.165) is 43.6 Å². The lowest BCUT2D eigenvalue weighted by atomic mass is 10.3. The van der Waals surface area contributed by atoms with Gasteiger partial charge in [-0.05, 0) is 38.1 Å². The average molecular weight is 434 g/mol. The summed E-state index contributed by atoms with van der Waals surface area (Å²) in [5.74, 6) is 0.0777. The minimum atomic E-state index is -3.83. The van der Waals surface area contributed by atoms with Gasteiger partial charge < -0.3 is 14.8 Å². The van der Waals surface area contributed by atoms with Crippen molar-refractivity contribution >= 4 is 27.5 Å². The Morgan fingerprint density at radius 2 is 2.07 bits per heavy atom. The van der Waals surface area contributed by atoms with E-state index in [-0.39, 0.29) is 22.4 Å². The third-order valence-corrected chi connectivity index (χ3v) is 6.45. The van der Waals surface area contributed by atoms with E-state index in [2.05, 4.69) is 10.2 Å². The first-order valence-corrected chi connectivity index (χ1v) is 11.1. The molecule has 1 aliphatic rings. The molecule has 8 nitrogen and oxygen atoms in total. The summed E-state index contributed by atoms with van der Waals surface area (Å²) in [6, 6.07) is 4.26. The third-order valence-electron chi connectivity index (χ3n) is 4.35. The highest BCUT2D eigenvalue weighted by molar-refractivity contribution is 7.89. The van der Waals surface area contributed by atoms with Gasteiger partial charge >= 0.3 is 0 Å². The molecule has 0 radical (unpaired) electrons. The number of carbonyl (C=O) groups is 1. The summed E-state index contributed by atoms with van der Waals surface area (Å²) < 4.78 is 36.9. The van der Waals surface area contributed by atoms with Crippen LogP contribution in [0.15, 0.2) is 23.1 Å². The van der Waals surface area contributed by atoms with Gasteiger partial charge in [-0.25, -0.2) is 8.42 Å². The van der Waals surface area contributed by atoms with Crippen molar-refractivity contribution in [3.05, 3.63) is 23.2 Å².